The fraction of sp³-hybridized carbons (Fsp3) is 0.0566. The van der Waals surface area contributed by atoms with Crippen LogP contribution in [0.15, 0.2) is 189 Å². The molecule has 0 aliphatic heterocycles. The fourth-order valence-corrected chi connectivity index (χ4v) is 10.4. The summed E-state index contributed by atoms with van der Waals surface area (Å²) >= 11 is 12.0. The summed E-state index contributed by atoms with van der Waals surface area (Å²) in [7, 11) is -4.99. The third-order valence-electron chi connectivity index (χ3n) is 11.2. The molecule has 76 heavy (non-hydrogen) atoms. The van der Waals surface area contributed by atoms with Crippen LogP contribution in [0.25, 0.3) is 55.4 Å². The van der Waals surface area contributed by atoms with Crippen molar-refractivity contribution < 1.29 is 35.1 Å². The number of aromatic nitrogens is 6. The largest absolute Gasteiger partial charge is 0.495 e. The van der Waals surface area contributed by atoms with Gasteiger partial charge in [0.1, 0.15) is 23.1 Å². The van der Waals surface area contributed by atoms with Gasteiger partial charge in [0.15, 0.2) is 11.6 Å². The third kappa shape index (κ3) is 12.0. The van der Waals surface area contributed by atoms with Crippen LogP contribution in [-0.4, -0.2) is 60.6 Å². The molecule has 0 radical (unpaired) electrons. The predicted molar refractivity (Wildman–Crippen MR) is 297 cm³/mol. The second kappa shape index (κ2) is 23.2. The lowest BCUT2D eigenvalue weighted by Crippen LogP contribution is -2.19. The minimum absolute atomic E-state index is 0. The highest BCUT2D eigenvalue weighted by atomic mass is 35.5. The molecule has 0 saturated heterocycles. The number of hydrogen-bond donors (Lipinski definition) is 2. The van der Waals surface area contributed by atoms with E-state index in [1.807, 2.05) is 0 Å². The molecule has 0 spiro atoms. The Labute approximate surface area is 447 Å². The molecule has 4 aromatic heterocycles. The molecule has 10 aromatic rings. The van der Waals surface area contributed by atoms with Gasteiger partial charge in [0.25, 0.3) is 31.2 Å². The number of nitrogens with zero attached hydrogens (tertiary/aromatic N) is 6. The molecule has 6 aromatic carbocycles. The van der Waals surface area contributed by atoms with Gasteiger partial charge in [-0.15, -0.1) is 10.2 Å². The maximum atomic E-state index is 13.9. The van der Waals surface area contributed by atoms with Crippen molar-refractivity contribution in [2.24, 2.45) is 0 Å². The van der Waals surface area contributed by atoms with Crippen molar-refractivity contribution in [2.75, 3.05) is 23.7 Å². The number of sulfonamides is 2. The van der Waals surface area contributed by atoms with Crippen LogP contribution in [0.1, 0.15) is 7.43 Å². The first kappa shape index (κ1) is 55.6. The van der Waals surface area contributed by atoms with Crippen molar-refractivity contribution in [1.29, 1.82) is 0 Å². The first-order valence-electron chi connectivity index (χ1n) is 21.7. The summed E-state index contributed by atoms with van der Waals surface area (Å²) < 4.78 is 98.0. The Hall–Kier alpha value is -8.13. The molecule has 2 N–H and O–H groups in total. The SMILES string of the molecule is C.COc1cc(-c2cc(F)cc(Cl)c2)ccc1-n1c(=O)ccc2cc(S(=O)(=O)Nc3cccnn3)ccc21.COc1cc(-c2cc(F)cc(Cl)c2)ccc1-n1c(=O)ccc2cc(S(=O)(=O)Nc3cccnn3)ccc21.P. The maximum Gasteiger partial charge on any atom is 0.263 e. The number of benzene rings is 6. The predicted octanol–water partition coefficient (Wildman–Crippen LogP) is 10.8. The van der Waals surface area contributed by atoms with Crippen LogP contribution in [0.2, 0.25) is 10.0 Å². The second-order valence-corrected chi connectivity index (χ2v) is 20.2. The van der Waals surface area contributed by atoms with E-state index in [0.29, 0.717) is 66.9 Å². The van der Waals surface area contributed by atoms with Gasteiger partial charge in [-0.25, -0.2) is 25.6 Å². The molecular weight excluding hydrogens is 1080 g/mol. The van der Waals surface area contributed by atoms with E-state index in [1.165, 1.54) is 109 Å². The number of methoxy groups -OCH3 is 2. The number of nitrogens with one attached hydrogen (secondary N) is 2. The summed E-state index contributed by atoms with van der Waals surface area (Å²) in [5.41, 5.74) is 3.46. The zero-order valence-corrected chi connectivity index (χ0v) is 43.7. The molecule has 388 valence electrons. The zero-order valence-electron chi connectivity index (χ0n) is 39.2. The lowest BCUT2D eigenvalue weighted by molar-refractivity contribution is 0.413. The quantitative estimate of drug-likeness (QED) is 0.110. The molecule has 0 bridgehead atoms. The molecule has 0 aliphatic carbocycles. The Morgan fingerprint density at radius 2 is 0.908 bits per heavy atom. The minimum Gasteiger partial charge on any atom is -0.495 e. The molecule has 0 fully saturated rings. The highest BCUT2D eigenvalue weighted by Gasteiger charge is 2.21. The van der Waals surface area contributed by atoms with E-state index in [-0.39, 0.29) is 59.9 Å². The summed E-state index contributed by atoms with van der Waals surface area (Å²) in [6, 6.07) is 39.2. The Morgan fingerprint density at radius 3 is 1.26 bits per heavy atom. The molecule has 4 heterocycles. The molecule has 0 saturated carbocycles. The van der Waals surface area contributed by atoms with Crippen LogP contribution in [-0.2, 0) is 20.0 Å². The van der Waals surface area contributed by atoms with Gasteiger partial charge >= 0.3 is 0 Å². The lowest BCUT2D eigenvalue weighted by atomic mass is 10.0. The highest BCUT2D eigenvalue weighted by Crippen LogP contribution is 2.35. The molecular formula is C53H43Cl2F2N8O8PS2. The Bertz CT molecular complexity index is 3860. The van der Waals surface area contributed by atoms with E-state index >= 15 is 0 Å². The van der Waals surface area contributed by atoms with E-state index in [9.17, 15) is 35.2 Å². The van der Waals surface area contributed by atoms with Gasteiger partial charge in [0.05, 0.1) is 46.4 Å². The van der Waals surface area contributed by atoms with Crippen molar-refractivity contribution in [3.63, 3.8) is 0 Å². The molecule has 1 unspecified atom stereocenters. The van der Waals surface area contributed by atoms with Crippen LogP contribution in [0.4, 0.5) is 20.4 Å². The first-order chi connectivity index (χ1) is 35.5. The van der Waals surface area contributed by atoms with Crippen LogP contribution in [0.3, 0.4) is 0 Å². The van der Waals surface area contributed by atoms with Gasteiger partial charge in [0, 0.05) is 45.3 Å². The Kier molecular flexibility index (Phi) is 17.0. The van der Waals surface area contributed by atoms with Gasteiger partial charge in [-0.05, 0) is 156 Å². The third-order valence-corrected chi connectivity index (χ3v) is 14.3. The summed E-state index contributed by atoms with van der Waals surface area (Å²) in [6.07, 6.45) is 2.86. The number of rotatable bonds is 12. The molecule has 0 amide bonds. The molecule has 16 nitrogen and oxygen atoms in total. The molecule has 1 atom stereocenters. The van der Waals surface area contributed by atoms with Crippen LogP contribution in [0, 0.1) is 11.6 Å². The van der Waals surface area contributed by atoms with Crippen molar-refractivity contribution in [3.8, 4) is 45.1 Å². The lowest BCUT2D eigenvalue weighted by Gasteiger charge is -2.16. The summed E-state index contributed by atoms with van der Waals surface area (Å²) in [4.78, 5) is 25.9. The average molecular weight is 1120 g/mol. The fourth-order valence-electron chi connectivity index (χ4n) is 7.91. The standard InChI is InChI=1S/2C26H18ClFN4O4S.CH4.H3P/c2*1-36-24-14-16(18-11-19(27)15-20(28)12-18)4-7-23(24)32-22-8-6-21(13-17(22)5-9-26(32)33)37(34,35)31-25-3-2-10-29-30-25;;/h2*2-15H,1H3,(H,30,31);1H4;1H3. The van der Waals surface area contributed by atoms with Gasteiger partial charge in [-0.2, -0.15) is 20.1 Å². The van der Waals surface area contributed by atoms with Crippen molar-refractivity contribution in [3.05, 3.63) is 213 Å². The Morgan fingerprint density at radius 1 is 0.500 bits per heavy atom. The Balaban J connectivity index is 0.000000216. The molecule has 23 heteroatoms. The number of fused-ring (bicyclic) bond motifs is 2. The van der Waals surface area contributed by atoms with Crippen LogP contribution in [0.5, 0.6) is 11.5 Å². The number of ether oxygens (including phenoxy) is 2. The normalized spacial score (nSPS) is 11.1. The van der Waals surface area contributed by atoms with Crippen molar-refractivity contribution >= 4 is 86.6 Å². The second-order valence-electron chi connectivity index (χ2n) is 16.0. The minimum atomic E-state index is -3.95. The smallest absolute Gasteiger partial charge is 0.263 e. The van der Waals surface area contributed by atoms with Gasteiger partial charge in [0.2, 0.25) is 0 Å². The monoisotopic (exact) mass is 1120 g/mol. The average Bonchev–Trinajstić information content (AvgIpc) is 3.38. The van der Waals surface area contributed by atoms with E-state index in [0.717, 1.165) is 0 Å². The number of anilines is 2. The number of pyridine rings is 2. The number of hydrogen-bond acceptors (Lipinski definition) is 12. The van der Waals surface area contributed by atoms with Gasteiger partial charge in [-0.3, -0.25) is 28.2 Å². The maximum absolute atomic E-state index is 13.9. The highest BCUT2D eigenvalue weighted by molar-refractivity contribution is 7.93. The summed E-state index contributed by atoms with van der Waals surface area (Å²) in [5.74, 6) is -0.0818. The molecule has 10 rings (SSSR count). The van der Waals surface area contributed by atoms with E-state index in [4.69, 9.17) is 32.7 Å². The van der Waals surface area contributed by atoms with Gasteiger partial charge in [-0.1, -0.05) is 42.8 Å². The van der Waals surface area contributed by atoms with E-state index in [2.05, 4.69) is 29.8 Å². The van der Waals surface area contributed by atoms with Gasteiger partial charge < -0.3 is 9.47 Å². The molecule has 0 aliphatic rings. The topological polar surface area (TPSA) is 206 Å². The van der Waals surface area contributed by atoms with Crippen LogP contribution >= 0.6 is 33.1 Å². The van der Waals surface area contributed by atoms with E-state index in [1.54, 1.807) is 84.9 Å². The summed E-state index contributed by atoms with van der Waals surface area (Å²) in [5, 5.41) is 16.3. The summed E-state index contributed by atoms with van der Waals surface area (Å²) in [6.45, 7) is 0. The van der Waals surface area contributed by atoms with Crippen molar-refractivity contribution in [1.82, 2.24) is 29.5 Å². The van der Waals surface area contributed by atoms with Crippen molar-refractivity contribution in [2.45, 2.75) is 17.2 Å². The number of halogens is 4. The van der Waals surface area contributed by atoms with E-state index < -0.39 is 31.7 Å². The zero-order chi connectivity index (χ0) is 52.3. The van der Waals surface area contributed by atoms with Crippen LogP contribution < -0.4 is 30.0 Å². The first-order valence-corrected chi connectivity index (χ1v) is 25.4.